The Morgan fingerprint density at radius 2 is 2.00 bits per heavy atom. The van der Waals surface area contributed by atoms with E-state index in [-0.39, 0.29) is 12.1 Å². The highest BCUT2D eigenvalue weighted by Gasteiger charge is 2.27. The molecular weight excluding hydrogens is 419 g/mol. The highest BCUT2D eigenvalue weighted by Crippen LogP contribution is 2.37. The van der Waals surface area contributed by atoms with Crippen molar-refractivity contribution in [3.8, 4) is 0 Å². The van der Waals surface area contributed by atoms with Crippen LogP contribution in [0.4, 0.5) is 4.39 Å². The fourth-order valence-electron chi connectivity index (χ4n) is 4.20. The minimum absolute atomic E-state index is 0.102. The van der Waals surface area contributed by atoms with Gasteiger partial charge in [-0.05, 0) is 68.0 Å². The highest BCUT2D eigenvalue weighted by atomic mass is 79.9. The van der Waals surface area contributed by atoms with Gasteiger partial charge >= 0.3 is 0 Å². The summed E-state index contributed by atoms with van der Waals surface area (Å²) in [7, 11) is 0. The van der Waals surface area contributed by atoms with Crippen molar-refractivity contribution >= 4 is 26.8 Å². The summed E-state index contributed by atoms with van der Waals surface area (Å²) in [6.45, 7) is 3.04. The van der Waals surface area contributed by atoms with E-state index < -0.39 is 12.3 Å². The first-order valence-electron chi connectivity index (χ1n) is 9.81. The topological polar surface area (TPSA) is 48.0 Å². The zero-order chi connectivity index (χ0) is 19.9. The molecule has 0 amide bonds. The average molecular weight is 445 g/mol. The van der Waals surface area contributed by atoms with Crippen LogP contribution >= 0.6 is 15.9 Å². The lowest BCUT2D eigenvalue weighted by molar-refractivity contribution is 0.0785. The summed E-state index contributed by atoms with van der Waals surface area (Å²) in [5.41, 5.74) is 4.50. The second-order valence-corrected chi connectivity index (χ2v) is 9.12. The molecule has 3 aromatic rings. The van der Waals surface area contributed by atoms with Crippen molar-refractivity contribution < 1.29 is 9.50 Å². The number of rotatable bonds is 5. The van der Waals surface area contributed by atoms with E-state index in [1.165, 1.54) is 16.6 Å². The second-order valence-electron chi connectivity index (χ2n) is 8.21. The van der Waals surface area contributed by atoms with E-state index in [0.29, 0.717) is 0 Å². The van der Waals surface area contributed by atoms with Gasteiger partial charge in [0.15, 0.2) is 0 Å². The summed E-state index contributed by atoms with van der Waals surface area (Å²) in [5.74, 6) is 0. The molecule has 0 bridgehead atoms. The zero-order valence-corrected chi connectivity index (χ0v) is 17.8. The number of halogens is 2. The van der Waals surface area contributed by atoms with Crippen molar-refractivity contribution in [2.45, 2.75) is 50.8 Å². The van der Waals surface area contributed by atoms with Crippen LogP contribution in [0.1, 0.15) is 61.2 Å². The quantitative estimate of drug-likeness (QED) is 0.463. The maximum atomic E-state index is 13.9. The van der Waals surface area contributed by atoms with Crippen molar-refractivity contribution in [1.82, 2.24) is 10.3 Å². The summed E-state index contributed by atoms with van der Waals surface area (Å²) in [6.07, 6.45) is 3.12. The number of fused-ring (bicyclic) bond motifs is 3. The van der Waals surface area contributed by atoms with E-state index in [0.717, 1.165) is 40.4 Å². The minimum atomic E-state index is -0.895. The van der Waals surface area contributed by atoms with Crippen LogP contribution in [0.2, 0.25) is 0 Å². The first kappa shape index (κ1) is 19.6. The maximum absolute atomic E-state index is 13.9. The highest BCUT2D eigenvalue weighted by molar-refractivity contribution is 9.10. The van der Waals surface area contributed by atoms with Crippen molar-refractivity contribution in [2.24, 2.45) is 0 Å². The van der Waals surface area contributed by atoms with Crippen LogP contribution in [0.3, 0.4) is 0 Å². The smallest absolute Gasteiger partial charge is 0.109 e. The average Bonchev–Trinajstić information content (AvgIpc) is 3.04. The number of aryl methyl sites for hydroxylation is 1. The summed E-state index contributed by atoms with van der Waals surface area (Å²) in [6, 6.07) is 13.6. The number of nitrogens with one attached hydrogen (secondary N) is 2. The first-order valence-corrected chi connectivity index (χ1v) is 10.6. The Morgan fingerprint density at radius 3 is 2.68 bits per heavy atom. The third-order valence-corrected chi connectivity index (χ3v) is 6.24. The summed E-state index contributed by atoms with van der Waals surface area (Å²) < 4.78 is 15.0. The van der Waals surface area contributed by atoms with Gasteiger partial charge in [-0.15, -0.1) is 0 Å². The molecule has 148 valence electrons. The molecule has 1 aliphatic carbocycles. The van der Waals surface area contributed by atoms with Gasteiger partial charge in [0.05, 0.1) is 11.6 Å². The molecule has 1 aliphatic rings. The molecule has 28 heavy (non-hydrogen) atoms. The van der Waals surface area contributed by atoms with Crippen molar-refractivity contribution in [1.29, 1.82) is 0 Å². The van der Waals surface area contributed by atoms with E-state index in [1.807, 2.05) is 30.3 Å². The molecule has 1 unspecified atom stereocenters. The molecule has 0 aliphatic heterocycles. The number of alkyl halides is 1. The van der Waals surface area contributed by atoms with Crippen LogP contribution in [0, 0.1) is 0 Å². The van der Waals surface area contributed by atoms with Gasteiger partial charge in [0.25, 0.3) is 0 Å². The Labute approximate surface area is 173 Å². The normalized spacial score (nSPS) is 18.2. The standard InChI is InChI=1S/C23H26BrFN2O/c1-23(2,28)15-8-6-14(7-9-15)21(13-25)26-20-5-3-4-17-18-12-16(24)10-11-19(18)27-22(17)20/h6-12,20-21,26-28H,3-5,13H2,1-2H3/t20-,21?/m1/s1. The zero-order valence-electron chi connectivity index (χ0n) is 16.2. The maximum Gasteiger partial charge on any atom is 0.109 e. The Morgan fingerprint density at radius 1 is 1.25 bits per heavy atom. The molecule has 3 nitrogen and oxygen atoms in total. The second kappa shape index (κ2) is 7.62. The molecule has 2 aromatic carbocycles. The lowest BCUT2D eigenvalue weighted by atomic mass is 9.90. The van der Waals surface area contributed by atoms with Crippen LogP contribution in [-0.2, 0) is 12.0 Å². The van der Waals surface area contributed by atoms with Gasteiger partial charge in [0.2, 0.25) is 0 Å². The number of hydrogen-bond donors (Lipinski definition) is 3. The number of aliphatic hydroxyl groups is 1. The van der Waals surface area contributed by atoms with Crippen LogP contribution < -0.4 is 5.32 Å². The van der Waals surface area contributed by atoms with Crippen LogP contribution in [-0.4, -0.2) is 16.8 Å². The van der Waals surface area contributed by atoms with Gasteiger partial charge in [0.1, 0.15) is 6.67 Å². The van der Waals surface area contributed by atoms with Gasteiger partial charge < -0.3 is 10.1 Å². The lowest BCUT2D eigenvalue weighted by Gasteiger charge is -2.28. The Balaban J connectivity index is 1.61. The fourth-order valence-corrected chi connectivity index (χ4v) is 4.56. The number of hydrogen-bond acceptors (Lipinski definition) is 2. The predicted octanol–water partition coefficient (Wildman–Crippen LogP) is 5.84. The molecule has 0 saturated carbocycles. The summed E-state index contributed by atoms with van der Waals surface area (Å²) in [5, 5.41) is 14.9. The van der Waals surface area contributed by atoms with Gasteiger partial charge in [-0.2, -0.15) is 0 Å². The number of benzene rings is 2. The fraction of sp³-hybridized carbons (Fsp3) is 0.391. The Bertz CT molecular complexity index is 975. The largest absolute Gasteiger partial charge is 0.386 e. The SMILES string of the molecule is CC(C)(O)c1ccc(C(CF)N[C@@H]2CCCc3c2[nH]c2ccc(Br)cc32)cc1. The number of aromatic nitrogens is 1. The van der Waals surface area contributed by atoms with Gasteiger partial charge in [-0.1, -0.05) is 40.2 Å². The molecule has 3 N–H and O–H groups in total. The molecule has 0 saturated heterocycles. The van der Waals surface area contributed by atoms with Gasteiger partial charge in [0, 0.05) is 27.1 Å². The molecule has 1 heterocycles. The van der Waals surface area contributed by atoms with E-state index in [1.54, 1.807) is 13.8 Å². The van der Waals surface area contributed by atoms with Gasteiger partial charge in [-0.25, -0.2) is 4.39 Å². The monoisotopic (exact) mass is 444 g/mol. The third kappa shape index (κ3) is 3.76. The molecule has 4 rings (SSSR count). The number of aromatic amines is 1. The van der Waals surface area contributed by atoms with Crippen LogP contribution in [0.5, 0.6) is 0 Å². The van der Waals surface area contributed by atoms with Crippen molar-refractivity contribution in [2.75, 3.05) is 6.67 Å². The van der Waals surface area contributed by atoms with Crippen molar-refractivity contribution in [3.63, 3.8) is 0 Å². The van der Waals surface area contributed by atoms with E-state index in [9.17, 15) is 9.50 Å². The Hall–Kier alpha value is -1.69. The molecule has 2 atom stereocenters. The minimum Gasteiger partial charge on any atom is -0.386 e. The lowest BCUT2D eigenvalue weighted by Crippen LogP contribution is -2.30. The summed E-state index contributed by atoms with van der Waals surface area (Å²) >= 11 is 3.56. The predicted molar refractivity (Wildman–Crippen MR) is 115 cm³/mol. The Kier molecular flexibility index (Phi) is 5.34. The molecule has 0 spiro atoms. The van der Waals surface area contributed by atoms with Crippen molar-refractivity contribution in [3.05, 3.63) is 69.3 Å². The molecular formula is C23H26BrFN2O. The van der Waals surface area contributed by atoms with Crippen LogP contribution in [0.15, 0.2) is 46.9 Å². The van der Waals surface area contributed by atoms with E-state index in [2.05, 4.69) is 38.4 Å². The van der Waals surface area contributed by atoms with Crippen LogP contribution in [0.25, 0.3) is 10.9 Å². The first-order chi connectivity index (χ1) is 13.4. The molecule has 1 aromatic heterocycles. The number of H-pyrrole nitrogens is 1. The molecule has 0 fully saturated rings. The summed E-state index contributed by atoms with van der Waals surface area (Å²) in [4.78, 5) is 3.56. The molecule has 5 heteroatoms. The van der Waals surface area contributed by atoms with E-state index >= 15 is 0 Å². The van der Waals surface area contributed by atoms with Gasteiger partial charge in [-0.3, -0.25) is 5.32 Å². The third-order valence-electron chi connectivity index (χ3n) is 5.75. The van der Waals surface area contributed by atoms with E-state index in [4.69, 9.17) is 0 Å². The molecule has 0 radical (unpaired) electrons.